The van der Waals surface area contributed by atoms with Crippen molar-refractivity contribution in [3.8, 4) is 0 Å². The molecule has 21 heavy (non-hydrogen) atoms. The van der Waals surface area contributed by atoms with E-state index in [0.717, 1.165) is 39.1 Å². The fourth-order valence-corrected chi connectivity index (χ4v) is 2.67. The van der Waals surface area contributed by atoms with Gasteiger partial charge in [0.2, 0.25) is 0 Å². The third-order valence-electron chi connectivity index (χ3n) is 3.92. The monoisotopic (exact) mass is 294 g/mol. The van der Waals surface area contributed by atoms with Crippen molar-refractivity contribution in [3.63, 3.8) is 0 Å². The second-order valence-electron chi connectivity index (χ2n) is 5.68. The highest BCUT2D eigenvalue weighted by atomic mass is 16.5. The van der Waals surface area contributed by atoms with Crippen molar-refractivity contribution in [1.29, 1.82) is 0 Å². The van der Waals surface area contributed by atoms with Crippen LogP contribution in [0, 0.1) is 0 Å². The Bertz CT molecular complexity index is 452. The van der Waals surface area contributed by atoms with Crippen molar-refractivity contribution >= 4 is 5.91 Å². The second kappa shape index (κ2) is 7.56. The number of hydrogen-bond acceptors (Lipinski definition) is 4. The molecule has 1 aliphatic heterocycles. The Morgan fingerprint density at radius 2 is 2.10 bits per heavy atom. The first kappa shape index (κ1) is 16.0. The van der Waals surface area contributed by atoms with Crippen molar-refractivity contribution in [2.45, 2.75) is 32.4 Å². The summed E-state index contributed by atoms with van der Waals surface area (Å²) in [4.78, 5) is 17.0. The van der Waals surface area contributed by atoms with E-state index in [1.807, 2.05) is 32.0 Å². The zero-order chi connectivity index (χ0) is 15.2. The van der Waals surface area contributed by atoms with E-state index in [4.69, 9.17) is 4.74 Å². The molecular weight excluding hydrogens is 268 g/mol. The zero-order valence-corrected chi connectivity index (χ0v) is 13.3. The third kappa shape index (κ3) is 4.04. The van der Waals surface area contributed by atoms with Crippen LogP contribution >= 0.6 is 0 Å². The minimum atomic E-state index is 0.0862. The Hall–Kier alpha value is -1.40. The molecule has 2 rings (SSSR count). The van der Waals surface area contributed by atoms with E-state index in [9.17, 15) is 4.79 Å². The highest BCUT2D eigenvalue weighted by molar-refractivity contribution is 5.92. The summed E-state index contributed by atoms with van der Waals surface area (Å²) in [5.41, 5.74) is 0.683. The van der Waals surface area contributed by atoms with Crippen molar-refractivity contribution < 1.29 is 9.53 Å². The van der Waals surface area contributed by atoms with Crippen molar-refractivity contribution in [3.05, 3.63) is 18.0 Å². The Morgan fingerprint density at radius 3 is 2.71 bits per heavy atom. The van der Waals surface area contributed by atoms with Crippen LogP contribution in [0.4, 0.5) is 0 Å². The normalized spacial score (nSPS) is 16.4. The van der Waals surface area contributed by atoms with Gasteiger partial charge in [-0.3, -0.25) is 9.48 Å². The van der Waals surface area contributed by atoms with Crippen molar-refractivity contribution in [2.75, 3.05) is 40.4 Å². The van der Waals surface area contributed by atoms with Crippen LogP contribution in [0.15, 0.2) is 12.3 Å². The molecule has 1 aromatic heterocycles. The molecule has 6 nitrogen and oxygen atoms in total. The molecule has 0 radical (unpaired) electrons. The van der Waals surface area contributed by atoms with E-state index >= 15 is 0 Å². The molecule has 0 aromatic carbocycles. The molecule has 0 saturated carbocycles. The highest BCUT2D eigenvalue weighted by Crippen LogP contribution is 2.17. The summed E-state index contributed by atoms with van der Waals surface area (Å²) in [5, 5.41) is 4.21. The number of nitrogens with zero attached hydrogens (tertiary/aromatic N) is 4. The van der Waals surface area contributed by atoms with E-state index in [0.29, 0.717) is 12.2 Å². The number of amides is 1. The Kier molecular flexibility index (Phi) is 5.76. The van der Waals surface area contributed by atoms with Gasteiger partial charge >= 0.3 is 0 Å². The smallest absolute Gasteiger partial charge is 0.272 e. The maximum absolute atomic E-state index is 12.9. The van der Waals surface area contributed by atoms with Gasteiger partial charge in [0.25, 0.3) is 5.91 Å². The fraction of sp³-hybridized carbons (Fsp3) is 0.733. The maximum atomic E-state index is 12.9. The van der Waals surface area contributed by atoms with Crippen molar-refractivity contribution in [1.82, 2.24) is 19.6 Å². The molecule has 1 saturated heterocycles. The van der Waals surface area contributed by atoms with E-state index in [1.54, 1.807) is 10.9 Å². The first-order valence-electron chi connectivity index (χ1n) is 7.68. The number of carbonyl (C=O) groups excluding carboxylic acids is 1. The van der Waals surface area contributed by atoms with Crippen LogP contribution in [-0.4, -0.2) is 71.9 Å². The predicted molar refractivity (Wildman–Crippen MR) is 81.3 cm³/mol. The van der Waals surface area contributed by atoms with Gasteiger partial charge in [0.15, 0.2) is 0 Å². The quantitative estimate of drug-likeness (QED) is 0.788. The average Bonchev–Trinajstić information content (AvgIpc) is 2.96. The Balaban J connectivity index is 2.14. The molecule has 1 amide bonds. The molecule has 0 atom stereocenters. The third-order valence-corrected chi connectivity index (χ3v) is 3.92. The summed E-state index contributed by atoms with van der Waals surface area (Å²) >= 11 is 0. The topological polar surface area (TPSA) is 50.6 Å². The SMILES string of the molecule is CCn1nccc1C(=O)N(CCN(C)C)C1CCOCC1. The van der Waals surface area contributed by atoms with Gasteiger partial charge in [-0.25, -0.2) is 0 Å². The zero-order valence-electron chi connectivity index (χ0n) is 13.3. The van der Waals surface area contributed by atoms with Crippen LogP contribution in [-0.2, 0) is 11.3 Å². The number of rotatable bonds is 6. The van der Waals surface area contributed by atoms with Crippen LogP contribution < -0.4 is 0 Å². The molecular formula is C15H26N4O2. The van der Waals surface area contributed by atoms with Gasteiger partial charge in [-0.05, 0) is 39.9 Å². The van der Waals surface area contributed by atoms with Gasteiger partial charge in [-0.1, -0.05) is 0 Å². The highest BCUT2D eigenvalue weighted by Gasteiger charge is 2.28. The lowest BCUT2D eigenvalue weighted by Crippen LogP contribution is -2.46. The Morgan fingerprint density at radius 1 is 1.38 bits per heavy atom. The van der Waals surface area contributed by atoms with Gasteiger partial charge < -0.3 is 14.5 Å². The molecule has 0 aliphatic carbocycles. The first-order valence-corrected chi connectivity index (χ1v) is 7.68. The number of ether oxygens (including phenoxy) is 1. The first-order chi connectivity index (χ1) is 10.1. The number of aromatic nitrogens is 2. The average molecular weight is 294 g/mol. The lowest BCUT2D eigenvalue weighted by Gasteiger charge is -2.35. The lowest BCUT2D eigenvalue weighted by atomic mass is 10.1. The molecule has 2 heterocycles. The Labute approximate surface area is 126 Å². The van der Waals surface area contributed by atoms with Gasteiger partial charge in [-0.15, -0.1) is 0 Å². The van der Waals surface area contributed by atoms with Crippen LogP contribution in [0.25, 0.3) is 0 Å². The largest absolute Gasteiger partial charge is 0.381 e. The summed E-state index contributed by atoms with van der Waals surface area (Å²) in [7, 11) is 4.06. The molecule has 0 spiro atoms. The number of aryl methyl sites for hydroxylation is 1. The van der Waals surface area contributed by atoms with Crippen LogP contribution in [0.3, 0.4) is 0 Å². The minimum absolute atomic E-state index is 0.0862. The van der Waals surface area contributed by atoms with Crippen LogP contribution in [0.2, 0.25) is 0 Å². The lowest BCUT2D eigenvalue weighted by molar-refractivity contribution is 0.0269. The van der Waals surface area contributed by atoms with Crippen molar-refractivity contribution in [2.24, 2.45) is 0 Å². The summed E-state index contributed by atoms with van der Waals surface area (Å²) in [6.07, 6.45) is 3.53. The van der Waals surface area contributed by atoms with Crippen LogP contribution in [0.1, 0.15) is 30.3 Å². The molecule has 0 bridgehead atoms. The maximum Gasteiger partial charge on any atom is 0.272 e. The molecule has 6 heteroatoms. The summed E-state index contributed by atoms with van der Waals surface area (Å²) in [5.74, 6) is 0.0862. The van der Waals surface area contributed by atoms with Gasteiger partial charge in [0.05, 0.1) is 0 Å². The fourth-order valence-electron chi connectivity index (χ4n) is 2.67. The second-order valence-corrected chi connectivity index (χ2v) is 5.68. The molecule has 118 valence electrons. The van der Waals surface area contributed by atoms with Gasteiger partial charge in [-0.2, -0.15) is 5.10 Å². The standard InChI is InChI=1S/C15H26N4O2/c1-4-19-14(5-8-16-19)15(20)18(10-9-17(2)3)13-6-11-21-12-7-13/h5,8,13H,4,6-7,9-12H2,1-3H3. The number of hydrogen-bond donors (Lipinski definition) is 0. The predicted octanol–water partition coefficient (Wildman–Crippen LogP) is 1.09. The summed E-state index contributed by atoms with van der Waals surface area (Å²) in [6, 6.07) is 2.08. The molecule has 1 aliphatic rings. The molecule has 0 unspecified atom stereocenters. The van der Waals surface area contributed by atoms with E-state index < -0.39 is 0 Å². The van der Waals surface area contributed by atoms with E-state index in [-0.39, 0.29) is 11.9 Å². The number of carbonyl (C=O) groups is 1. The number of likely N-dealkylation sites (N-methyl/N-ethyl adjacent to an activating group) is 1. The molecule has 1 aromatic rings. The van der Waals surface area contributed by atoms with Gasteiger partial charge in [0, 0.05) is 45.1 Å². The van der Waals surface area contributed by atoms with E-state index in [1.165, 1.54) is 0 Å². The molecule has 1 fully saturated rings. The molecule has 0 N–H and O–H groups in total. The summed E-state index contributed by atoms with van der Waals surface area (Å²) in [6.45, 7) is 5.80. The minimum Gasteiger partial charge on any atom is -0.381 e. The van der Waals surface area contributed by atoms with E-state index in [2.05, 4.69) is 10.00 Å². The van der Waals surface area contributed by atoms with Crippen LogP contribution in [0.5, 0.6) is 0 Å². The van der Waals surface area contributed by atoms with Gasteiger partial charge in [0.1, 0.15) is 5.69 Å². The summed E-state index contributed by atoms with van der Waals surface area (Å²) < 4.78 is 7.19.